The molecular formula is C25H27N3O6. The van der Waals surface area contributed by atoms with Crippen molar-refractivity contribution in [1.82, 2.24) is 14.1 Å². The molecular weight excluding hydrogens is 438 g/mol. The number of ketones is 2. The van der Waals surface area contributed by atoms with Crippen LogP contribution in [-0.2, 0) is 23.6 Å². The van der Waals surface area contributed by atoms with E-state index in [0.29, 0.717) is 11.1 Å². The van der Waals surface area contributed by atoms with Crippen molar-refractivity contribution in [3.8, 4) is 0 Å². The average molecular weight is 466 g/mol. The molecule has 0 spiro atoms. The number of aryl methyl sites for hydroxylation is 2. The molecule has 9 nitrogen and oxygen atoms in total. The zero-order valence-electron chi connectivity index (χ0n) is 20.1. The Bertz CT molecular complexity index is 1200. The van der Waals surface area contributed by atoms with E-state index in [1.807, 2.05) is 50.9 Å². The topological polar surface area (TPSA) is 109 Å². The van der Waals surface area contributed by atoms with Crippen molar-refractivity contribution in [2.45, 2.75) is 27.7 Å². The summed E-state index contributed by atoms with van der Waals surface area (Å²) in [6, 6.07) is 7.64. The number of aromatic nitrogens is 3. The summed E-state index contributed by atoms with van der Waals surface area (Å²) in [5.41, 5.74) is 4.03. The zero-order valence-corrected chi connectivity index (χ0v) is 20.1. The molecule has 0 aliphatic carbocycles. The predicted octanol–water partition coefficient (Wildman–Crippen LogP) is 3.07. The number of pyridine rings is 1. The van der Waals surface area contributed by atoms with Crippen LogP contribution in [0.15, 0.2) is 30.3 Å². The summed E-state index contributed by atoms with van der Waals surface area (Å²) >= 11 is 0. The summed E-state index contributed by atoms with van der Waals surface area (Å²) in [4.78, 5) is 53.6. The molecule has 0 amide bonds. The summed E-state index contributed by atoms with van der Waals surface area (Å²) in [7, 11) is 3.69. The van der Waals surface area contributed by atoms with Crippen molar-refractivity contribution >= 4 is 23.5 Å². The van der Waals surface area contributed by atoms with Crippen LogP contribution in [0.4, 0.5) is 0 Å². The molecule has 3 aromatic heterocycles. The highest BCUT2D eigenvalue weighted by Crippen LogP contribution is 2.15. The van der Waals surface area contributed by atoms with Gasteiger partial charge >= 0.3 is 11.9 Å². The van der Waals surface area contributed by atoms with E-state index in [0.717, 1.165) is 22.8 Å². The van der Waals surface area contributed by atoms with Crippen LogP contribution in [0.3, 0.4) is 0 Å². The van der Waals surface area contributed by atoms with E-state index in [2.05, 4.69) is 4.98 Å². The van der Waals surface area contributed by atoms with E-state index in [1.165, 1.54) is 18.2 Å². The number of rotatable bonds is 8. The summed E-state index contributed by atoms with van der Waals surface area (Å²) < 4.78 is 13.9. The summed E-state index contributed by atoms with van der Waals surface area (Å²) in [6.45, 7) is 6.46. The lowest BCUT2D eigenvalue weighted by atomic mass is 10.1. The van der Waals surface area contributed by atoms with E-state index in [4.69, 9.17) is 9.47 Å². The van der Waals surface area contributed by atoms with Crippen molar-refractivity contribution in [2.24, 2.45) is 14.1 Å². The molecule has 0 bridgehead atoms. The Kier molecular flexibility index (Phi) is 7.14. The van der Waals surface area contributed by atoms with Crippen LogP contribution in [-0.4, -0.2) is 50.8 Å². The third kappa shape index (κ3) is 4.98. The van der Waals surface area contributed by atoms with E-state index < -0.39 is 25.2 Å². The number of esters is 2. The first kappa shape index (κ1) is 24.6. The molecule has 0 N–H and O–H groups in total. The monoisotopic (exact) mass is 465 g/mol. The number of ether oxygens (including phenoxy) is 2. The molecule has 3 heterocycles. The lowest BCUT2D eigenvalue weighted by Crippen LogP contribution is -2.18. The van der Waals surface area contributed by atoms with Gasteiger partial charge in [-0.2, -0.15) is 0 Å². The fourth-order valence-corrected chi connectivity index (χ4v) is 3.50. The Hall–Kier alpha value is -4.01. The van der Waals surface area contributed by atoms with Gasteiger partial charge in [-0.25, -0.2) is 14.6 Å². The van der Waals surface area contributed by atoms with Gasteiger partial charge in [-0.1, -0.05) is 6.07 Å². The third-order valence-electron chi connectivity index (χ3n) is 5.99. The van der Waals surface area contributed by atoms with Crippen LogP contribution in [0.5, 0.6) is 0 Å². The quantitative estimate of drug-likeness (QED) is 0.371. The molecule has 178 valence electrons. The van der Waals surface area contributed by atoms with Gasteiger partial charge in [0.25, 0.3) is 0 Å². The van der Waals surface area contributed by atoms with Crippen molar-refractivity contribution in [2.75, 3.05) is 13.2 Å². The molecule has 0 saturated carbocycles. The van der Waals surface area contributed by atoms with Crippen molar-refractivity contribution < 1.29 is 28.7 Å². The molecule has 0 radical (unpaired) electrons. The minimum atomic E-state index is -0.847. The number of nitrogens with zero attached hydrogens (tertiary/aromatic N) is 3. The molecule has 0 aliphatic rings. The van der Waals surface area contributed by atoms with Crippen molar-refractivity contribution in [3.05, 3.63) is 75.6 Å². The van der Waals surface area contributed by atoms with Gasteiger partial charge in [0.1, 0.15) is 11.4 Å². The number of carbonyl (C=O) groups excluding carboxylic acids is 4. The highest BCUT2D eigenvalue weighted by atomic mass is 16.5. The third-order valence-corrected chi connectivity index (χ3v) is 5.99. The lowest BCUT2D eigenvalue weighted by molar-refractivity contribution is 0.0456. The van der Waals surface area contributed by atoms with Crippen LogP contribution in [0.2, 0.25) is 0 Å². The van der Waals surface area contributed by atoms with Gasteiger partial charge in [-0.3, -0.25) is 9.59 Å². The zero-order chi connectivity index (χ0) is 25.2. The second-order valence-corrected chi connectivity index (χ2v) is 8.09. The van der Waals surface area contributed by atoms with Gasteiger partial charge in [-0.05, 0) is 52.0 Å². The molecule has 0 atom stereocenters. The number of hydrogen-bond donors (Lipinski definition) is 0. The van der Waals surface area contributed by atoms with Crippen molar-refractivity contribution in [3.63, 3.8) is 0 Å². The molecule has 34 heavy (non-hydrogen) atoms. The second-order valence-electron chi connectivity index (χ2n) is 8.09. The largest absolute Gasteiger partial charge is 0.453 e. The van der Waals surface area contributed by atoms with E-state index >= 15 is 0 Å². The highest BCUT2D eigenvalue weighted by molar-refractivity contribution is 6.01. The maximum atomic E-state index is 12.4. The maximum absolute atomic E-state index is 12.4. The normalized spacial score (nSPS) is 10.8. The Morgan fingerprint density at radius 1 is 0.735 bits per heavy atom. The first-order valence-corrected chi connectivity index (χ1v) is 10.6. The van der Waals surface area contributed by atoms with Crippen LogP contribution in [0, 0.1) is 27.7 Å². The number of Topliss-reactive ketones (excluding diaryl/α,β-unsaturated/α-hetero) is 2. The Balaban J connectivity index is 1.60. The molecule has 0 aromatic carbocycles. The Morgan fingerprint density at radius 3 is 1.44 bits per heavy atom. The number of carbonyl (C=O) groups is 4. The van der Waals surface area contributed by atoms with E-state index in [1.54, 1.807) is 12.1 Å². The second kappa shape index (κ2) is 9.86. The summed E-state index contributed by atoms with van der Waals surface area (Å²) in [5, 5.41) is 0. The number of hydrogen-bond acceptors (Lipinski definition) is 7. The minimum absolute atomic E-state index is 0.149. The molecule has 0 aliphatic heterocycles. The van der Waals surface area contributed by atoms with Gasteiger partial charge in [-0.15, -0.1) is 0 Å². The smallest absolute Gasteiger partial charge is 0.357 e. The molecule has 0 unspecified atom stereocenters. The van der Waals surface area contributed by atoms with Crippen molar-refractivity contribution in [1.29, 1.82) is 0 Å². The van der Waals surface area contributed by atoms with Gasteiger partial charge < -0.3 is 18.6 Å². The standard InChI is InChI=1S/C25H27N3O6/c1-14-10-18(16(3)27(14)5)22(29)12-33-24(31)20-8-7-9-21(26-20)25(32)34-13-23(30)19-11-15(2)28(6)17(19)4/h7-11H,12-13H2,1-6H3. The Labute approximate surface area is 197 Å². The average Bonchev–Trinajstić information content (AvgIpc) is 3.24. The lowest BCUT2D eigenvalue weighted by Gasteiger charge is -2.07. The van der Waals surface area contributed by atoms with Gasteiger partial charge in [0.05, 0.1) is 0 Å². The van der Waals surface area contributed by atoms with Crippen LogP contribution >= 0.6 is 0 Å². The first-order valence-electron chi connectivity index (χ1n) is 10.6. The maximum Gasteiger partial charge on any atom is 0.357 e. The Morgan fingerprint density at radius 2 is 1.12 bits per heavy atom. The van der Waals surface area contributed by atoms with E-state index in [-0.39, 0.29) is 23.0 Å². The summed E-state index contributed by atoms with van der Waals surface area (Å²) in [6.07, 6.45) is 0. The fourth-order valence-electron chi connectivity index (χ4n) is 3.50. The minimum Gasteiger partial charge on any atom is -0.453 e. The summed E-state index contributed by atoms with van der Waals surface area (Å²) in [5.74, 6) is -2.37. The molecule has 3 aromatic rings. The fraction of sp³-hybridized carbons (Fsp3) is 0.320. The van der Waals surface area contributed by atoms with Crippen LogP contribution < -0.4 is 0 Å². The molecule has 0 saturated heterocycles. The predicted molar refractivity (Wildman–Crippen MR) is 123 cm³/mol. The SMILES string of the molecule is Cc1cc(C(=O)COC(=O)c2cccc(C(=O)OCC(=O)c3cc(C)n(C)c3C)n2)c(C)n1C. The van der Waals surface area contributed by atoms with Crippen LogP contribution in [0.25, 0.3) is 0 Å². The highest BCUT2D eigenvalue weighted by Gasteiger charge is 2.20. The van der Waals surface area contributed by atoms with Gasteiger partial charge in [0.15, 0.2) is 13.2 Å². The van der Waals surface area contributed by atoms with Gasteiger partial charge in [0, 0.05) is 48.0 Å². The molecule has 9 heteroatoms. The first-order chi connectivity index (χ1) is 16.0. The van der Waals surface area contributed by atoms with Gasteiger partial charge in [0.2, 0.25) is 11.6 Å². The van der Waals surface area contributed by atoms with E-state index in [9.17, 15) is 19.2 Å². The van der Waals surface area contributed by atoms with Crippen LogP contribution in [0.1, 0.15) is 64.5 Å². The molecule has 0 fully saturated rings. The molecule has 3 rings (SSSR count).